The minimum atomic E-state index is -0.297. The molecular weight excluding hydrogens is 409 g/mol. The van der Waals surface area contributed by atoms with Crippen LogP contribution in [0.1, 0.15) is 24.2 Å². The van der Waals surface area contributed by atoms with Gasteiger partial charge in [0.1, 0.15) is 17.4 Å². The van der Waals surface area contributed by atoms with E-state index in [1.165, 1.54) is 12.1 Å². The summed E-state index contributed by atoms with van der Waals surface area (Å²) in [5, 5.41) is 13.1. The highest BCUT2D eigenvalue weighted by Crippen LogP contribution is 2.28. The number of rotatable bonds is 4. The Bertz CT molecular complexity index is 1100. The third-order valence-electron chi connectivity index (χ3n) is 5.59. The molecule has 32 heavy (non-hydrogen) atoms. The summed E-state index contributed by atoms with van der Waals surface area (Å²) in [5.74, 6) is 1.09. The van der Waals surface area contributed by atoms with Gasteiger partial charge in [-0.3, -0.25) is 0 Å². The molecular formula is C24H26FN5O2. The standard InChI is InChI=1S/C24H26FN5O2/c1-16-15-22(28-23(26-16)20-5-3-4-6-21(20)31)29-11-13-30(14-12-29)24(32)27-17(2)18-7-9-19(25)10-8-18/h3-10,15,17,31H,11-14H2,1-2H3,(H,27,32)/t17-/m1/s1. The number of benzene rings is 2. The highest BCUT2D eigenvalue weighted by molar-refractivity contribution is 5.75. The second kappa shape index (κ2) is 9.21. The van der Waals surface area contributed by atoms with E-state index >= 15 is 0 Å². The zero-order chi connectivity index (χ0) is 22.7. The average molecular weight is 436 g/mol. The van der Waals surface area contributed by atoms with E-state index in [9.17, 15) is 14.3 Å². The summed E-state index contributed by atoms with van der Waals surface area (Å²) < 4.78 is 13.1. The number of aromatic nitrogens is 2. The number of carbonyl (C=O) groups excluding carboxylic acids is 1. The summed E-state index contributed by atoms with van der Waals surface area (Å²) in [7, 11) is 0. The van der Waals surface area contributed by atoms with Crippen molar-refractivity contribution in [1.82, 2.24) is 20.2 Å². The lowest BCUT2D eigenvalue weighted by Crippen LogP contribution is -2.52. The molecule has 0 radical (unpaired) electrons. The molecule has 8 heteroatoms. The van der Waals surface area contributed by atoms with Gasteiger partial charge in [0.2, 0.25) is 0 Å². The molecule has 3 aromatic rings. The monoisotopic (exact) mass is 435 g/mol. The van der Waals surface area contributed by atoms with E-state index in [1.54, 1.807) is 35.2 Å². The number of anilines is 1. The van der Waals surface area contributed by atoms with Gasteiger partial charge in [-0.1, -0.05) is 24.3 Å². The molecule has 166 valence electrons. The molecule has 2 heterocycles. The third kappa shape index (κ3) is 4.80. The maximum Gasteiger partial charge on any atom is 0.317 e. The largest absolute Gasteiger partial charge is 0.507 e. The topological polar surface area (TPSA) is 81.6 Å². The number of amides is 2. The number of halogens is 1. The van der Waals surface area contributed by atoms with Gasteiger partial charge in [0.05, 0.1) is 11.6 Å². The first-order valence-corrected chi connectivity index (χ1v) is 10.6. The number of hydrogen-bond donors (Lipinski definition) is 2. The van der Waals surface area contributed by atoms with Gasteiger partial charge >= 0.3 is 6.03 Å². The van der Waals surface area contributed by atoms with Crippen molar-refractivity contribution in [3.8, 4) is 17.1 Å². The molecule has 2 amide bonds. The number of phenols is 1. The molecule has 2 N–H and O–H groups in total. The van der Waals surface area contributed by atoms with Gasteiger partial charge in [-0.05, 0) is 43.7 Å². The zero-order valence-electron chi connectivity index (χ0n) is 18.1. The van der Waals surface area contributed by atoms with Crippen molar-refractivity contribution in [1.29, 1.82) is 0 Å². The fourth-order valence-corrected chi connectivity index (χ4v) is 3.75. The van der Waals surface area contributed by atoms with Gasteiger partial charge in [-0.15, -0.1) is 0 Å². The summed E-state index contributed by atoms with van der Waals surface area (Å²) in [4.78, 5) is 25.7. The van der Waals surface area contributed by atoms with Crippen LogP contribution in [0.5, 0.6) is 5.75 Å². The molecule has 4 rings (SSSR count). The number of carbonyl (C=O) groups is 1. The molecule has 0 unspecified atom stereocenters. The summed E-state index contributed by atoms with van der Waals surface area (Å²) in [6, 6.07) is 14.7. The van der Waals surface area contributed by atoms with Crippen LogP contribution in [-0.4, -0.2) is 52.2 Å². The van der Waals surface area contributed by atoms with Gasteiger partial charge in [-0.25, -0.2) is 19.2 Å². The van der Waals surface area contributed by atoms with Crippen molar-refractivity contribution < 1.29 is 14.3 Å². The molecule has 1 atom stereocenters. The molecule has 0 bridgehead atoms. The summed E-state index contributed by atoms with van der Waals surface area (Å²) in [6.07, 6.45) is 0. The molecule has 1 aromatic heterocycles. The number of para-hydroxylation sites is 1. The predicted molar refractivity (Wildman–Crippen MR) is 121 cm³/mol. The van der Waals surface area contributed by atoms with E-state index < -0.39 is 0 Å². The number of piperazine rings is 1. The van der Waals surface area contributed by atoms with Crippen molar-refractivity contribution in [2.45, 2.75) is 19.9 Å². The SMILES string of the molecule is Cc1cc(N2CCN(C(=O)N[C@H](C)c3ccc(F)cc3)CC2)nc(-c2ccccc2O)n1. The van der Waals surface area contributed by atoms with E-state index in [1.807, 2.05) is 26.0 Å². The van der Waals surface area contributed by atoms with E-state index in [-0.39, 0.29) is 23.6 Å². The molecule has 1 aliphatic heterocycles. The van der Waals surface area contributed by atoms with Crippen LogP contribution in [-0.2, 0) is 0 Å². The van der Waals surface area contributed by atoms with Gasteiger partial charge in [0.15, 0.2) is 5.82 Å². The van der Waals surface area contributed by atoms with E-state index in [0.717, 1.165) is 17.1 Å². The second-order valence-electron chi connectivity index (χ2n) is 7.91. The second-order valence-corrected chi connectivity index (χ2v) is 7.91. The molecule has 1 saturated heterocycles. The summed E-state index contributed by atoms with van der Waals surface area (Å²) in [6.45, 7) is 6.15. The van der Waals surface area contributed by atoms with Crippen LogP contribution >= 0.6 is 0 Å². The van der Waals surface area contributed by atoms with Crippen molar-refractivity contribution in [2.24, 2.45) is 0 Å². The van der Waals surface area contributed by atoms with E-state index in [0.29, 0.717) is 37.6 Å². The van der Waals surface area contributed by atoms with E-state index in [2.05, 4.69) is 20.2 Å². The minimum Gasteiger partial charge on any atom is -0.507 e. The number of nitrogens with zero attached hydrogens (tertiary/aromatic N) is 4. The molecule has 0 aliphatic carbocycles. The molecule has 1 aliphatic rings. The maximum atomic E-state index is 13.1. The van der Waals surface area contributed by atoms with Gasteiger partial charge in [0, 0.05) is 37.9 Å². The Morgan fingerprint density at radius 1 is 1.06 bits per heavy atom. The predicted octanol–water partition coefficient (Wildman–Crippen LogP) is 3.89. The molecule has 1 fully saturated rings. The Hall–Kier alpha value is -3.68. The van der Waals surface area contributed by atoms with Crippen LogP contribution in [0.15, 0.2) is 54.6 Å². The lowest BCUT2D eigenvalue weighted by atomic mass is 10.1. The number of aryl methyl sites for hydroxylation is 1. The van der Waals surface area contributed by atoms with Crippen LogP contribution in [0.2, 0.25) is 0 Å². The van der Waals surface area contributed by atoms with Crippen LogP contribution in [0.25, 0.3) is 11.4 Å². The third-order valence-corrected chi connectivity index (χ3v) is 5.59. The van der Waals surface area contributed by atoms with Gasteiger partial charge in [-0.2, -0.15) is 0 Å². The maximum absolute atomic E-state index is 13.1. The number of nitrogens with one attached hydrogen (secondary N) is 1. The normalized spacial score (nSPS) is 14.8. The van der Waals surface area contributed by atoms with Crippen molar-refractivity contribution >= 4 is 11.8 Å². The van der Waals surface area contributed by atoms with Crippen molar-refractivity contribution in [2.75, 3.05) is 31.1 Å². The Morgan fingerprint density at radius 3 is 2.44 bits per heavy atom. The molecule has 0 spiro atoms. The zero-order valence-corrected chi connectivity index (χ0v) is 18.1. The first kappa shape index (κ1) is 21.5. The fourth-order valence-electron chi connectivity index (χ4n) is 3.75. The number of hydrogen-bond acceptors (Lipinski definition) is 5. The van der Waals surface area contributed by atoms with Crippen LogP contribution in [0.3, 0.4) is 0 Å². The highest BCUT2D eigenvalue weighted by Gasteiger charge is 2.24. The Balaban J connectivity index is 1.40. The first-order valence-electron chi connectivity index (χ1n) is 10.6. The number of phenolic OH excluding ortho intramolecular Hbond substituents is 1. The van der Waals surface area contributed by atoms with Crippen LogP contribution in [0.4, 0.5) is 15.0 Å². The van der Waals surface area contributed by atoms with Crippen LogP contribution in [0, 0.1) is 12.7 Å². The summed E-state index contributed by atoms with van der Waals surface area (Å²) >= 11 is 0. The summed E-state index contributed by atoms with van der Waals surface area (Å²) in [5.41, 5.74) is 2.25. The highest BCUT2D eigenvalue weighted by atomic mass is 19.1. The smallest absolute Gasteiger partial charge is 0.317 e. The Morgan fingerprint density at radius 2 is 1.75 bits per heavy atom. The van der Waals surface area contributed by atoms with Crippen molar-refractivity contribution in [3.05, 3.63) is 71.7 Å². The fraction of sp³-hybridized carbons (Fsp3) is 0.292. The Labute approximate surface area is 186 Å². The molecule has 7 nitrogen and oxygen atoms in total. The van der Waals surface area contributed by atoms with Crippen molar-refractivity contribution in [3.63, 3.8) is 0 Å². The lowest BCUT2D eigenvalue weighted by Gasteiger charge is -2.36. The number of urea groups is 1. The van der Waals surface area contributed by atoms with E-state index in [4.69, 9.17) is 0 Å². The average Bonchev–Trinajstić information content (AvgIpc) is 2.79. The first-order chi connectivity index (χ1) is 15.4. The quantitative estimate of drug-likeness (QED) is 0.650. The molecule has 2 aromatic carbocycles. The Kier molecular flexibility index (Phi) is 6.20. The van der Waals surface area contributed by atoms with Gasteiger partial charge in [0.25, 0.3) is 0 Å². The lowest BCUT2D eigenvalue weighted by molar-refractivity contribution is 0.191. The van der Waals surface area contributed by atoms with Gasteiger partial charge < -0.3 is 20.2 Å². The number of aromatic hydroxyl groups is 1. The molecule has 0 saturated carbocycles. The van der Waals surface area contributed by atoms with Crippen LogP contribution < -0.4 is 10.2 Å². The minimum absolute atomic E-state index is 0.140.